The van der Waals surface area contributed by atoms with Crippen LogP contribution in [-0.2, 0) is 9.53 Å². The molecule has 1 fully saturated rings. The number of carbonyl (C=O) groups excluding carboxylic acids is 1. The molecular formula is C12H21NO4. The lowest BCUT2D eigenvalue weighted by atomic mass is 9.60. The molecule has 0 aliphatic heterocycles. The molecule has 0 aromatic heterocycles. The lowest BCUT2D eigenvalue weighted by Crippen LogP contribution is -2.61. The molecule has 1 saturated carbocycles. The molecule has 1 aliphatic rings. The van der Waals surface area contributed by atoms with E-state index in [1.807, 2.05) is 13.8 Å². The predicted molar refractivity (Wildman–Crippen MR) is 62.7 cm³/mol. The highest BCUT2D eigenvalue weighted by atomic mass is 16.6. The van der Waals surface area contributed by atoms with Crippen LogP contribution >= 0.6 is 0 Å². The fourth-order valence-electron chi connectivity index (χ4n) is 2.16. The molecule has 0 saturated heterocycles. The van der Waals surface area contributed by atoms with E-state index >= 15 is 0 Å². The fraction of sp³-hybridized carbons (Fsp3) is 0.833. The zero-order chi connectivity index (χ0) is 13.4. The first-order valence-corrected chi connectivity index (χ1v) is 5.75. The highest BCUT2D eigenvalue weighted by Gasteiger charge is 2.52. The van der Waals surface area contributed by atoms with Gasteiger partial charge in [0, 0.05) is 0 Å². The average Bonchev–Trinajstić information content (AvgIpc) is 2.08. The van der Waals surface area contributed by atoms with Crippen LogP contribution in [-0.4, -0.2) is 28.8 Å². The normalized spacial score (nSPS) is 26.9. The Morgan fingerprint density at radius 1 is 1.35 bits per heavy atom. The SMILES string of the molecule is CC(C)(C)OC(=O)NC1C(C(=O)O)CC1(C)C. The first kappa shape index (κ1) is 13.8. The number of amides is 1. The van der Waals surface area contributed by atoms with E-state index in [9.17, 15) is 9.59 Å². The summed E-state index contributed by atoms with van der Waals surface area (Å²) < 4.78 is 5.12. The summed E-state index contributed by atoms with van der Waals surface area (Å²) in [7, 11) is 0. The van der Waals surface area contributed by atoms with Gasteiger partial charge in [-0.3, -0.25) is 4.79 Å². The average molecular weight is 243 g/mol. The van der Waals surface area contributed by atoms with E-state index in [2.05, 4.69) is 5.32 Å². The Labute approximate surface area is 102 Å². The molecule has 98 valence electrons. The van der Waals surface area contributed by atoms with E-state index in [0.29, 0.717) is 6.42 Å². The topological polar surface area (TPSA) is 75.6 Å². The summed E-state index contributed by atoms with van der Waals surface area (Å²) in [6, 6.07) is -0.366. The Balaban J connectivity index is 2.60. The molecule has 2 unspecified atom stereocenters. The molecule has 0 radical (unpaired) electrons. The number of hydrogen-bond acceptors (Lipinski definition) is 3. The lowest BCUT2D eigenvalue weighted by Gasteiger charge is -2.49. The molecule has 5 heteroatoms. The standard InChI is InChI=1S/C12H21NO4/c1-11(2,3)17-10(16)13-8-7(9(14)15)6-12(8,4)5/h7-8H,6H2,1-5H3,(H,13,16)(H,14,15). The molecule has 0 aromatic carbocycles. The van der Waals surface area contributed by atoms with Crippen molar-refractivity contribution in [2.24, 2.45) is 11.3 Å². The molecule has 1 amide bonds. The summed E-state index contributed by atoms with van der Waals surface area (Å²) in [6.07, 6.45) is 0.0181. The molecule has 0 spiro atoms. The number of hydrogen-bond donors (Lipinski definition) is 2. The fourth-order valence-corrected chi connectivity index (χ4v) is 2.16. The van der Waals surface area contributed by atoms with Crippen LogP contribution < -0.4 is 5.32 Å². The minimum Gasteiger partial charge on any atom is -0.481 e. The molecule has 5 nitrogen and oxygen atoms in total. The van der Waals surface area contributed by atoms with E-state index < -0.39 is 23.6 Å². The van der Waals surface area contributed by atoms with Gasteiger partial charge < -0.3 is 15.2 Å². The summed E-state index contributed by atoms with van der Waals surface area (Å²) in [4.78, 5) is 22.5. The number of rotatable bonds is 2. The summed E-state index contributed by atoms with van der Waals surface area (Å²) in [5.41, 5.74) is -0.767. The van der Waals surface area contributed by atoms with Gasteiger partial charge in [-0.05, 0) is 32.6 Å². The molecule has 2 atom stereocenters. The van der Waals surface area contributed by atoms with Crippen LogP contribution in [0.25, 0.3) is 0 Å². The lowest BCUT2D eigenvalue weighted by molar-refractivity contribution is -0.152. The molecule has 0 heterocycles. The minimum absolute atomic E-state index is 0.194. The highest BCUT2D eigenvalue weighted by Crippen LogP contribution is 2.45. The van der Waals surface area contributed by atoms with Gasteiger partial charge in [0.1, 0.15) is 5.60 Å². The van der Waals surface area contributed by atoms with Crippen molar-refractivity contribution in [2.75, 3.05) is 0 Å². The van der Waals surface area contributed by atoms with Gasteiger partial charge in [-0.1, -0.05) is 13.8 Å². The van der Waals surface area contributed by atoms with Crippen LogP contribution in [0.4, 0.5) is 4.79 Å². The monoisotopic (exact) mass is 243 g/mol. The Bertz CT molecular complexity index is 330. The number of ether oxygens (including phenoxy) is 1. The maximum atomic E-state index is 11.6. The Morgan fingerprint density at radius 2 is 1.88 bits per heavy atom. The number of aliphatic carboxylic acids is 1. The van der Waals surface area contributed by atoms with Crippen LogP contribution in [0.3, 0.4) is 0 Å². The maximum absolute atomic E-state index is 11.6. The van der Waals surface area contributed by atoms with Gasteiger partial charge in [-0.2, -0.15) is 0 Å². The van der Waals surface area contributed by atoms with Crippen molar-refractivity contribution in [3.63, 3.8) is 0 Å². The summed E-state index contributed by atoms with van der Waals surface area (Å²) in [5.74, 6) is -1.39. The van der Waals surface area contributed by atoms with E-state index in [1.165, 1.54) is 0 Å². The predicted octanol–water partition coefficient (Wildman–Crippen LogP) is 2.01. The van der Waals surface area contributed by atoms with Gasteiger partial charge >= 0.3 is 12.1 Å². The third kappa shape index (κ3) is 3.35. The van der Waals surface area contributed by atoms with E-state index in [4.69, 9.17) is 9.84 Å². The van der Waals surface area contributed by atoms with Crippen LogP contribution in [0.1, 0.15) is 41.0 Å². The van der Waals surface area contributed by atoms with Crippen LogP contribution in [0.5, 0.6) is 0 Å². The van der Waals surface area contributed by atoms with Gasteiger partial charge in [-0.15, -0.1) is 0 Å². The van der Waals surface area contributed by atoms with E-state index in [-0.39, 0.29) is 11.5 Å². The van der Waals surface area contributed by atoms with Gasteiger partial charge in [-0.25, -0.2) is 4.79 Å². The smallest absolute Gasteiger partial charge is 0.407 e. The Kier molecular flexibility index (Phi) is 3.41. The molecule has 1 aliphatic carbocycles. The number of nitrogens with one attached hydrogen (secondary N) is 1. The Morgan fingerprint density at radius 3 is 2.24 bits per heavy atom. The number of carboxylic acids is 1. The molecule has 2 N–H and O–H groups in total. The van der Waals surface area contributed by atoms with Crippen molar-refractivity contribution in [3.05, 3.63) is 0 Å². The first-order valence-electron chi connectivity index (χ1n) is 5.75. The zero-order valence-corrected chi connectivity index (χ0v) is 11.0. The summed E-state index contributed by atoms with van der Waals surface area (Å²) in [6.45, 7) is 9.19. The second-order valence-electron chi connectivity index (χ2n) is 6.26. The van der Waals surface area contributed by atoms with Crippen molar-refractivity contribution >= 4 is 12.1 Å². The molecular weight excluding hydrogens is 222 g/mol. The minimum atomic E-state index is -0.870. The molecule has 0 aromatic rings. The highest BCUT2D eigenvalue weighted by molar-refractivity contribution is 5.75. The molecule has 1 rings (SSSR count). The van der Waals surface area contributed by atoms with Crippen molar-refractivity contribution in [1.82, 2.24) is 5.32 Å². The van der Waals surface area contributed by atoms with Crippen molar-refractivity contribution in [3.8, 4) is 0 Å². The number of carbonyl (C=O) groups is 2. The molecule has 17 heavy (non-hydrogen) atoms. The summed E-state index contributed by atoms with van der Waals surface area (Å²) in [5, 5.41) is 11.6. The second kappa shape index (κ2) is 4.20. The van der Waals surface area contributed by atoms with Crippen LogP contribution in [0, 0.1) is 11.3 Å². The van der Waals surface area contributed by atoms with Gasteiger partial charge in [0.2, 0.25) is 0 Å². The van der Waals surface area contributed by atoms with Crippen LogP contribution in [0.15, 0.2) is 0 Å². The summed E-state index contributed by atoms with van der Waals surface area (Å²) >= 11 is 0. The third-order valence-electron chi connectivity index (χ3n) is 2.98. The van der Waals surface area contributed by atoms with Gasteiger partial charge in [0.05, 0.1) is 12.0 Å². The second-order valence-corrected chi connectivity index (χ2v) is 6.26. The van der Waals surface area contributed by atoms with Crippen molar-refractivity contribution < 1.29 is 19.4 Å². The third-order valence-corrected chi connectivity index (χ3v) is 2.98. The largest absolute Gasteiger partial charge is 0.481 e. The van der Waals surface area contributed by atoms with Gasteiger partial charge in [0.15, 0.2) is 0 Å². The zero-order valence-electron chi connectivity index (χ0n) is 11.0. The first-order chi connectivity index (χ1) is 7.53. The van der Waals surface area contributed by atoms with E-state index in [0.717, 1.165) is 0 Å². The van der Waals surface area contributed by atoms with Gasteiger partial charge in [0.25, 0.3) is 0 Å². The van der Waals surface area contributed by atoms with Crippen molar-refractivity contribution in [2.45, 2.75) is 52.7 Å². The van der Waals surface area contributed by atoms with Crippen LogP contribution in [0.2, 0.25) is 0 Å². The maximum Gasteiger partial charge on any atom is 0.407 e. The van der Waals surface area contributed by atoms with E-state index in [1.54, 1.807) is 20.8 Å². The molecule has 0 bridgehead atoms. The van der Waals surface area contributed by atoms with Crippen molar-refractivity contribution in [1.29, 1.82) is 0 Å². The number of carboxylic acid groups (broad SMARTS) is 1. The Hall–Kier alpha value is -1.26. The number of alkyl carbamates (subject to hydrolysis) is 1. The quantitative estimate of drug-likeness (QED) is 0.778.